The highest BCUT2D eigenvalue weighted by Crippen LogP contribution is 2.31. The van der Waals surface area contributed by atoms with Crippen LogP contribution in [0.1, 0.15) is 39.0 Å². The van der Waals surface area contributed by atoms with Crippen LogP contribution in [-0.2, 0) is 6.54 Å². The van der Waals surface area contributed by atoms with E-state index in [1.165, 1.54) is 18.7 Å². The Labute approximate surface area is 179 Å². The van der Waals surface area contributed by atoms with Crippen molar-refractivity contribution in [1.29, 1.82) is 0 Å². The van der Waals surface area contributed by atoms with Crippen LogP contribution < -0.4 is 4.74 Å². The Hall–Kier alpha value is -3.13. The summed E-state index contributed by atoms with van der Waals surface area (Å²) in [6.07, 6.45) is 1.76. The number of carbonyl (C=O) groups excluding carboxylic acids is 2. The number of Topliss-reactive ketones (excluding diaryl/α,β-unsaturated/α-hetero) is 2. The van der Waals surface area contributed by atoms with Crippen molar-refractivity contribution in [2.75, 3.05) is 12.9 Å². The quantitative estimate of drug-likeness (QED) is 0.314. The number of H-pyrrole nitrogens is 1. The molecule has 0 aliphatic heterocycles. The fraction of sp³-hybridized carbons (Fsp3) is 0.273. The van der Waals surface area contributed by atoms with Gasteiger partial charge in [0.15, 0.2) is 22.5 Å². The lowest BCUT2D eigenvalue weighted by Crippen LogP contribution is -2.07. The molecule has 0 amide bonds. The summed E-state index contributed by atoms with van der Waals surface area (Å²) >= 11 is 1.30. The van der Waals surface area contributed by atoms with Gasteiger partial charge < -0.3 is 9.72 Å². The van der Waals surface area contributed by atoms with Crippen molar-refractivity contribution in [1.82, 2.24) is 19.7 Å². The number of ether oxygens (including phenoxy) is 1. The van der Waals surface area contributed by atoms with Crippen LogP contribution in [0, 0.1) is 13.8 Å². The van der Waals surface area contributed by atoms with E-state index in [2.05, 4.69) is 21.8 Å². The van der Waals surface area contributed by atoms with Crippen LogP contribution >= 0.6 is 11.8 Å². The Morgan fingerprint density at radius 1 is 1.27 bits per heavy atom. The zero-order valence-electron chi connectivity index (χ0n) is 17.5. The second-order valence-electron chi connectivity index (χ2n) is 6.80. The molecule has 1 aromatic carbocycles. The van der Waals surface area contributed by atoms with Crippen molar-refractivity contribution in [2.24, 2.45) is 0 Å². The lowest BCUT2D eigenvalue weighted by Gasteiger charge is -2.10. The maximum atomic E-state index is 12.8. The summed E-state index contributed by atoms with van der Waals surface area (Å²) in [4.78, 5) is 27.7. The lowest BCUT2D eigenvalue weighted by atomic mass is 10.1. The molecular weight excluding hydrogens is 400 g/mol. The second kappa shape index (κ2) is 9.13. The van der Waals surface area contributed by atoms with Crippen molar-refractivity contribution < 1.29 is 14.3 Å². The molecule has 0 unspecified atom stereocenters. The number of rotatable bonds is 9. The second-order valence-corrected chi connectivity index (χ2v) is 7.74. The van der Waals surface area contributed by atoms with Crippen molar-refractivity contribution in [3.63, 3.8) is 0 Å². The highest BCUT2D eigenvalue weighted by Gasteiger charge is 2.22. The summed E-state index contributed by atoms with van der Waals surface area (Å²) in [5.74, 6) is 1.35. The number of hydrogen-bond acceptors (Lipinski definition) is 6. The minimum absolute atomic E-state index is 0.0554. The maximum absolute atomic E-state index is 12.8. The summed E-state index contributed by atoms with van der Waals surface area (Å²) in [5, 5.41) is 9.21. The summed E-state index contributed by atoms with van der Waals surface area (Å²) < 4.78 is 7.34. The highest BCUT2D eigenvalue weighted by molar-refractivity contribution is 7.99. The number of carbonyl (C=O) groups is 2. The highest BCUT2D eigenvalue weighted by atomic mass is 32.2. The fourth-order valence-corrected chi connectivity index (χ4v) is 4.30. The number of nitrogens with one attached hydrogen (secondary N) is 1. The van der Waals surface area contributed by atoms with E-state index in [1.807, 2.05) is 28.8 Å². The summed E-state index contributed by atoms with van der Waals surface area (Å²) in [6, 6.07) is 7.57. The number of thioether (sulfide) groups is 1. The van der Waals surface area contributed by atoms with E-state index in [4.69, 9.17) is 4.74 Å². The van der Waals surface area contributed by atoms with Gasteiger partial charge in [-0.05, 0) is 38.5 Å². The average Bonchev–Trinajstić information content (AvgIpc) is 3.26. The third-order valence-electron chi connectivity index (χ3n) is 4.78. The third-order valence-corrected chi connectivity index (χ3v) is 5.74. The zero-order chi connectivity index (χ0) is 21.8. The molecular formula is C22H24N4O3S. The van der Waals surface area contributed by atoms with Gasteiger partial charge in [-0.25, -0.2) is 0 Å². The minimum atomic E-state index is -0.0971. The molecule has 0 saturated carbocycles. The van der Waals surface area contributed by atoms with E-state index >= 15 is 0 Å². The fourth-order valence-electron chi connectivity index (χ4n) is 3.48. The van der Waals surface area contributed by atoms with E-state index in [0.29, 0.717) is 45.8 Å². The van der Waals surface area contributed by atoms with Gasteiger partial charge in [-0.3, -0.25) is 14.2 Å². The number of methoxy groups -OCH3 is 1. The van der Waals surface area contributed by atoms with Crippen LogP contribution in [0.3, 0.4) is 0 Å². The number of aromatic amines is 1. The van der Waals surface area contributed by atoms with Crippen molar-refractivity contribution in [2.45, 2.75) is 32.5 Å². The standard InChI is InChI=1S/C22H24N4O3S/c1-6-11-26-21(16-9-7-8-10-18(16)29-5)24-25-22(26)30-12-17(28)20-13(2)19(15(4)27)14(3)23-20/h6-10,23H,1,11-12H2,2-5H3. The first-order valence-electron chi connectivity index (χ1n) is 9.42. The van der Waals surface area contributed by atoms with Crippen LogP contribution in [0.4, 0.5) is 0 Å². The Morgan fingerprint density at radius 3 is 2.63 bits per heavy atom. The third kappa shape index (κ3) is 4.09. The molecule has 7 nitrogen and oxygen atoms in total. The maximum Gasteiger partial charge on any atom is 0.192 e. The van der Waals surface area contributed by atoms with Crippen LogP contribution in [0.15, 0.2) is 42.1 Å². The van der Waals surface area contributed by atoms with E-state index in [1.54, 1.807) is 27.0 Å². The van der Waals surface area contributed by atoms with Crippen LogP contribution in [0.25, 0.3) is 11.4 Å². The van der Waals surface area contributed by atoms with Crippen molar-refractivity contribution >= 4 is 23.3 Å². The molecule has 3 aromatic rings. The molecule has 0 spiro atoms. The Morgan fingerprint density at radius 2 is 2.00 bits per heavy atom. The van der Waals surface area contributed by atoms with Gasteiger partial charge >= 0.3 is 0 Å². The zero-order valence-corrected chi connectivity index (χ0v) is 18.3. The van der Waals surface area contributed by atoms with Gasteiger partial charge in [-0.1, -0.05) is 30.0 Å². The molecule has 8 heteroatoms. The number of ketones is 2. The number of nitrogens with zero attached hydrogens (tertiary/aromatic N) is 3. The number of aromatic nitrogens is 4. The summed E-state index contributed by atoms with van der Waals surface area (Å²) in [7, 11) is 1.61. The predicted molar refractivity (Wildman–Crippen MR) is 118 cm³/mol. The molecule has 1 N–H and O–H groups in total. The molecule has 0 saturated heterocycles. The molecule has 0 bridgehead atoms. The first-order valence-corrected chi connectivity index (χ1v) is 10.4. The van der Waals surface area contributed by atoms with Gasteiger partial charge in [-0.15, -0.1) is 16.8 Å². The van der Waals surface area contributed by atoms with Crippen LogP contribution in [0.2, 0.25) is 0 Å². The Bertz CT molecular complexity index is 1110. The van der Waals surface area contributed by atoms with Gasteiger partial charge in [-0.2, -0.15) is 0 Å². The van der Waals surface area contributed by atoms with Gasteiger partial charge in [0.05, 0.1) is 24.1 Å². The van der Waals surface area contributed by atoms with Crippen LogP contribution in [0.5, 0.6) is 5.75 Å². The van der Waals surface area contributed by atoms with Gasteiger partial charge in [0.2, 0.25) is 0 Å². The number of hydrogen-bond donors (Lipinski definition) is 1. The van der Waals surface area contributed by atoms with Crippen molar-refractivity contribution in [3.8, 4) is 17.1 Å². The summed E-state index contributed by atoms with van der Waals surface area (Å²) in [5.41, 5.74) is 3.26. The Balaban J connectivity index is 1.87. The number of para-hydroxylation sites is 1. The number of allylic oxidation sites excluding steroid dienone is 1. The topological polar surface area (TPSA) is 89.9 Å². The van der Waals surface area contributed by atoms with E-state index in [9.17, 15) is 9.59 Å². The first-order chi connectivity index (χ1) is 14.4. The molecule has 0 atom stereocenters. The molecule has 30 heavy (non-hydrogen) atoms. The van der Waals surface area contributed by atoms with E-state index in [-0.39, 0.29) is 17.3 Å². The molecule has 0 radical (unpaired) electrons. The normalized spacial score (nSPS) is 10.8. The number of aryl methyl sites for hydroxylation is 1. The molecule has 0 aliphatic rings. The lowest BCUT2D eigenvalue weighted by molar-refractivity contribution is 0.101. The monoisotopic (exact) mass is 424 g/mol. The van der Waals surface area contributed by atoms with E-state index < -0.39 is 0 Å². The average molecular weight is 425 g/mol. The van der Waals surface area contributed by atoms with Gasteiger partial charge in [0.25, 0.3) is 0 Å². The number of benzene rings is 1. The SMILES string of the molecule is C=CCn1c(SCC(=O)c2[nH]c(C)c(C(C)=O)c2C)nnc1-c1ccccc1OC. The minimum Gasteiger partial charge on any atom is -0.496 e. The van der Waals surface area contributed by atoms with Crippen molar-refractivity contribution in [3.05, 3.63) is 59.4 Å². The molecule has 3 rings (SSSR count). The molecule has 2 aromatic heterocycles. The molecule has 0 aliphatic carbocycles. The molecule has 2 heterocycles. The largest absolute Gasteiger partial charge is 0.496 e. The van der Waals surface area contributed by atoms with Gasteiger partial charge in [0.1, 0.15) is 5.75 Å². The summed E-state index contributed by atoms with van der Waals surface area (Å²) in [6.45, 7) is 9.40. The van der Waals surface area contributed by atoms with Gasteiger partial charge in [0, 0.05) is 17.8 Å². The van der Waals surface area contributed by atoms with E-state index in [0.717, 1.165) is 5.56 Å². The smallest absolute Gasteiger partial charge is 0.192 e. The first kappa shape index (κ1) is 21.6. The molecule has 0 fully saturated rings. The predicted octanol–water partition coefficient (Wildman–Crippen LogP) is 4.26. The van der Waals surface area contributed by atoms with Crippen LogP contribution in [-0.4, -0.2) is 44.2 Å². The Kier molecular flexibility index (Phi) is 6.56. The molecule has 156 valence electrons.